The van der Waals surface area contributed by atoms with Crippen LogP contribution < -0.4 is 0 Å². The van der Waals surface area contributed by atoms with E-state index in [2.05, 4.69) is 84.8 Å². The fourth-order valence-corrected chi connectivity index (χ4v) is 16.0. The molecule has 6 fully saturated rings. The molecule has 9 nitrogen and oxygen atoms in total. The first kappa shape index (κ1) is 41.8. The number of amides is 2. The lowest BCUT2D eigenvalue weighted by Gasteiger charge is -2.73. The molecule has 5 aliphatic carbocycles. The smallest absolute Gasteiger partial charge is 0.302 e. The number of carbonyl (C=O) groups is 3. The zero-order valence-corrected chi connectivity index (χ0v) is 38.1. The lowest BCUT2D eigenvalue weighted by molar-refractivity contribution is -0.931. The molecule has 2 amide bonds. The van der Waals surface area contributed by atoms with Crippen LogP contribution in [0, 0.1) is 56.7 Å². The monoisotopic (exact) mass is 799 g/mol. The molecule has 0 spiro atoms. The molecule has 0 radical (unpaired) electrons. The molecule has 320 valence electrons. The first-order valence-corrected chi connectivity index (χ1v) is 23.3. The summed E-state index contributed by atoms with van der Waals surface area (Å²) in [5.74, 6) is 3.35. The highest BCUT2D eigenvalue weighted by molar-refractivity contribution is 6.22. The maximum atomic E-state index is 15.3. The summed E-state index contributed by atoms with van der Waals surface area (Å²) < 4.78 is 6.61. The van der Waals surface area contributed by atoms with Gasteiger partial charge in [0.25, 0.3) is 5.91 Å². The van der Waals surface area contributed by atoms with E-state index in [1.807, 2.05) is 11.8 Å². The van der Waals surface area contributed by atoms with Crippen molar-refractivity contribution in [2.45, 2.75) is 146 Å². The minimum atomic E-state index is -0.361. The number of piperazine rings is 1. The predicted molar refractivity (Wildman–Crippen MR) is 230 cm³/mol. The predicted octanol–water partition coefficient (Wildman–Crippen LogP) is 8.92. The van der Waals surface area contributed by atoms with E-state index in [9.17, 15) is 9.59 Å². The molecule has 9 heteroatoms. The molecular formula is C49H76N5O4+. The molecule has 3 heterocycles. The van der Waals surface area contributed by atoms with Crippen molar-refractivity contribution in [1.29, 1.82) is 0 Å². The number of rotatable bonds is 6. The van der Waals surface area contributed by atoms with Gasteiger partial charge >= 0.3 is 5.97 Å². The summed E-state index contributed by atoms with van der Waals surface area (Å²) >= 11 is 0. The molecule has 0 bridgehead atoms. The number of hydrogen-bond acceptors (Lipinski definition) is 6. The van der Waals surface area contributed by atoms with Crippen LogP contribution in [-0.2, 0) is 19.1 Å². The van der Waals surface area contributed by atoms with Crippen molar-refractivity contribution in [3.63, 3.8) is 0 Å². The average molecular weight is 799 g/mol. The van der Waals surface area contributed by atoms with Crippen LogP contribution in [0.25, 0.3) is 0 Å². The molecule has 0 unspecified atom stereocenters. The second-order valence-corrected chi connectivity index (χ2v) is 21.9. The van der Waals surface area contributed by atoms with Crippen LogP contribution in [-0.4, -0.2) is 95.0 Å². The number of quaternary nitrogens is 1. The molecule has 5 saturated carbocycles. The molecule has 0 aromatic rings. The first-order valence-electron chi connectivity index (χ1n) is 23.3. The van der Waals surface area contributed by atoms with Gasteiger partial charge in [-0.1, -0.05) is 51.9 Å². The normalized spacial score (nSPS) is 41.3. The van der Waals surface area contributed by atoms with Crippen LogP contribution in [0.1, 0.15) is 140 Å². The highest BCUT2D eigenvalue weighted by atomic mass is 16.5. The van der Waals surface area contributed by atoms with Crippen molar-refractivity contribution in [2.75, 3.05) is 45.9 Å². The molecule has 8 rings (SSSR count). The standard InChI is InChI=1S/C49H76N5O4/c1-13-54(14-2)30-53-33(6)29-32(5)40(42(53)50-54)43(56)51-25-27-52(28-26-51)44(57)49-22-17-35(31(3)4)41(49)36-15-16-38-46(10)20-19-39(58-34(7)55)45(8,9)37(46)18-21-48(38,12)47(36,11)23-24-49/h29,35-39,41H,3,13-28,30H2,1-2,4-12H3/q+1/t35-,36+,37-,38+,39-,41+,46-,47+,48+,49-/m0/s1. The van der Waals surface area contributed by atoms with Gasteiger partial charge in [0, 0.05) is 44.2 Å². The van der Waals surface area contributed by atoms with Gasteiger partial charge in [0.1, 0.15) is 19.2 Å². The van der Waals surface area contributed by atoms with Gasteiger partial charge in [-0.25, -0.2) is 0 Å². The van der Waals surface area contributed by atoms with Crippen LogP contribution in [0.2, 0.25) is 0 Å². The lowest BCUT2D eigenvalue weighted by Crippen LogP contribution is -2.68. The van der Waals surface area contributed by atoms with Crippen molar-refractivity contribution in [3.8, 4) is 0 Å². The summed E-state index contributed by atoms with van der Waals surface area (Å²) in [7, 11) is 0. The maximum Gasteiger partial charge on any atom is 0.302 e. The van der Waals surface area contributed by atoms with E-state index in [1.165, 1.54) is 31.3 Å². The molecule has 58 heavy (non-hydrogen) atoms. The summed E-state index contributed by atoms with van der Waals surface area (Å²) in [5.41, 5.74) is 4.21. The minimum Gasteiger partial charge on any atom is -0.462 e. The molecule has 8 aliphatic rings. The summed E-state index contributed by atoms with van der Waals surface area (Å²) in [6.07, 6.45) is 13.0. The molecule has 0 aromatic carbocycles. The third-order valence-corrected chi connectivity index (χ3v) is 19.4. The quantitative estimate of drug-likeness (QED) is 0.152. The second-order valence-electron chi connectivity index (χ2n) is 21.9. The molecular weight excluding hydrogens is 723 g/mol. The minimum absolute atomic E-state index is 0.0152. The van der Waals surface area contributed by atoms with E-state index in [0.29, 0.717) is 66.3 Å². The van der Waals surface area contributed by atoms with Crippen LogP contribution in [0.5, 0.6) is 0 Å². The molecule has 0 N–H and O–H groups in total. The van der Waals surface area contributed by atoms with Gasteiger partial charge in [-0.2, -0.15) is 4.59 Å². The van der Waals surface area contributed by atoms with Gasteiger partial charge < -0.3 is 14.5 Å². The van der Waals surface area contributed by atoms with Gasteiger partial charge in [-0.15, -0.1) is 0 Å². The van der Waals surface area contributed by atoms with E-state index in [-0.39, 0.29) is 45.1 Å². The number of nitrogens with zero attached hydrogens (tertiary/aromatic N) is 5. The van der Waals surface area contributed by atoms with E-state index in [1.54, 1.807) is 6.92 Å². The number of fused-ring (bicyclic) bond motifs is 8. The van der Waals surface area contributed by atoms with Gasteiger partial charge in [0.2, 0.25) is 11.7 Å². The van der Waals surface area contributed by atoms with Gasteiger partial charge in [-0.3, -0.25) is 19.3 Å². The topological polar surface area (TPSA) is 82.5 Å². The number of hydrogen-bond donors (Lipinski definition) is 0. The van der Waals surface area contributed by atoms with E-state index in [0.717, 1.165) is 81.0 Å². The van der Waals surface area contributed by atoms with Gasteiger partial charge in [-0.05, 0) is 156 Å². The Kier molecular flexibility index (Phi) is 10.1. The molecule has 10 atom stereocenters. The fraction of sp³-hybridized carbons (Fsp3) is 0.796. The first-order chi connectivity index (χ1) is 27.2. The molecule has 1 saturated heterocycles. The number of esters is 1. The summed E-state index contributed by atoms with van der Waals surface area (Å²) in [5, 5.41) is 5.19. The van der Waals surface area contributed by atoms with Crippen LogP contribution in [0.3, 0.4) is 0 Å². The van der Waals surface area contributed by atoms with Crippen LogP contribution in [0.15, 0.2) is 40.2 Å². The van der Waals surface area contributed by atoms with E-state index in [4.69, 9.17) is 9.84 Å². The highest BCUT2D eigenvalue weighted by Crippen LogP contribution is 2.77. The Labute approximate surface area is 350 Å². The third kappa shape index (κ3) is 5.76. The van der Waals surface area contributed by atoms with Crippen molar-refractivity contribution in [2.24, 2.45) is 61.8 Å². The maximum absolute atomic E-state index is 15.3. The Bertz CT molecular complexity index is 1850. The van der Waals surface area contributed by atoms with E-state index >= 15 is 4.79 Å². The fourth-order valence-electron chi connectivity index (χ4n) is 16.0. The summed E-state index contributed by atoms with van der Waals surface area (Å²) in [6.45, 7) is 34.4. The second kappa shape index (κ2) is 14.1. The van der Waals surface area contributed by atoms with Crippen LogP contribution >= 0.6 is 0 Å². The summed E-state index contributed by atoms with van der Waals surface area (Å²) in [6, 6.07) is 0. The largest absolute Gasteiger partial charge is 0.462 e. The Balaban J connectivity index is 1.02. The number of carbonyl (C=O) groups excluding carboxylic acids is 3. The molecule has 3 aliphatic heterocycles. The number of amidine groups is 1. The Morgan fingerprint density at radius 2 is 1.50 bits per heavy atom. The lowest BCUT2D eigenvalue weighted by atomic mass is 9.32. The molecule has 0 aromatic heterocycles. The zero-order valence-electron chi connectivity index (χ0n) is 38.1. The average Bonchev–Trinajstić information content (AvgIpc) is 3.77. The highest BCUT2D eigenvalue weighted by Gasteiger charge is 2.72. The Morgan fingerprint density at radius 1 is 0.828 bits per heavy atom. The van der Waals surface area contributed by atoms with Gasteiger partial charge in [0.15, 0.2) is 6.67 Å². The number of allylic oxidation sites excluding steroid dienone is 4. The summed E-state index contributed by atoms with van der Waals surface area (Å²) in [4.78, 5) is 48.3. The van der Waals surface area contributed by atoms with Crippen molar-refractivity contribution >= 4 is 23.6 Å². The SMILES string of the molecule is C=C(C)[C@@H]1CC[C@]2(C(=O)N3CCN(C(=O)C4=C(C)C=C(C)N5C[N+](CC)(CC)N=C45)CC3)CC[C@]3(C)[C@H](CC[C@@H]4[C@@]5(C)CC[C@H](OC(C)=O)C(C)(C)[C@@H]5CC[C@]43C)[C@@H]12. The Hall–Kier alpha value is -2.94. The zero-order chi connectivity index (χ0) is 42.0. The third-order valence-electron chi connectivity index (χ3n) is 19.4. The van der Waals surface area contributed by atoms with Crippen molar-refractivity contribution in [1.82, 2.24) is 14.7 Å². The Morgan fingerprint density at radius 3 is 2.14 bits per heavy atom. The van der Waals surface area contributed by atoms with E-state index < -0.39 is 0 Å². The van der Waals surface area contributed by atoms with Crippen LogP contribution in [0.4, 0.5) is 0 Å². The van der Waals surface area contributed by atoms with Crippen molar-refractivity contribution < 1.29 is 23.7 Å². The van der Waals surface area contributed by atoms with Gasteiger partial charge in [0.05, 0.1) is 11.0 Å². The van der Waals surface area contributed by atoms with Crippen molar-refractivity contribution in [3.05, 3.63) is 35.1 Å². The number of ether oxygens (including phenoxy) is 1.